The summed E-state index contributed by atoms with van der Waals surface area (Å²) in [6.07, 6.45) is -3.21. The molecule has 0 aliphatic heterocycles. The van der Waals surface area contributed by atoms with Crippen LogP contribution in [0.5, 0.6) is 0 Å². The molecule has 0 aliphatic carbocycles. The molecular formula is C4H9F2O2P. The second kappa shape index (κ2) is 3.40. The van der Waals surface area contributed by atoms with Gasteiger partial charge in [-0.15, -0.1) is 0 Å². The molecule has 2 unspecified atom stereocenters. The van der Waals surface area contributed by atoms with Crippen LogP contribution in [0.3, 0.4) is 0 Å². The highest BCUT2D eigenvalue weighted by Gasteiger charge is 2.36. The molecule has 0 heterocycles. The van der Waals surface area contributed by atoms with Crippen molar-refractivity contribution in [1.29, 1.82) is 0 Å². The Morgan fingerprint density at radius 3 is 2.00 bits per heavy atom. The third kappa shape index (κ3) is 2.52. The quantitative estimate of drug-likeness (QED) is 0.572. The molecule has 0 aromatic carbocycles. The molecule has 0 radical (unpaired) electrons. The normalized spacial score (nSPS) is 15.7. The van der Waals surface area contributed by atoms with Crippen LogP contribution in [0.1, 0.15) is 0 Å². The average molecular weight is 158 g/mol. The number of ether oxygens (including phenoxy) is 2. The van der Waals surface area contributed by atoms with Gasteiger partial charge in [-0.05, 0) is 0 Å². The van der Waals surface area contributed by atoms with Crippen molar-refractivity contribution in [2.24, 2.45) is 0 Å². The minimum Gasteiger partial charge on any atom is -0.368 e. The van der Waals surface area contributed by atoms with Gasteiger partial charge in [0.1, 0.15) is 0 Å². The summed E-state index contributed by atoms with van der Waals surface area (Å²) in [5.74, 6) is -1.28. The van der Waals surface area contributed by atoms with Gasteiger partial charge in [0.15, 0.2) is 5.85 Å². The molecular weight excluding hydrogens is 149 g/mol. The monoisotopic (exact) mass is 158 g/mol. The molecule has 5 heteroatoms. The van der Waals surface area contributed by atoms with Gasteiger partial charge in [0.05, 0.1) is 0 Å². The van der Waals surface area contributed by atoms with Crippen molar-refractivity contribution in [3.63, 3.8) is 0 Å². The summed E-state index contributed by atoms with van der Waals surface area (Å²) in [5, 5.41) is 0. The molecule has 56 valence electrons. The van der Waals surface area contributed by atoms with E-state index in [1.807, 2.05) is 9.24 Å². The lowest BCUT2D eigenvalue weighted by Gasteiger charge is -2.19. The van der Waals surface area contributed by atoms with Crippen molar-refractivity contribution in [2.45, 2.75) is 12.0 Å². The summed E-state index contributed by atoms with van der Waals surface area (Å²) >= 11 is 0. The molecule has 0 saturated heterocycles. The summed E-state index contributed by atoms with van der Waals surface area (Å²) in [7, 11) is 3.94. The van der Waals surface area contributed by atoms with E-state index in [-0.39, 0.29) is 0 Å². The SMILES string of the molecule is COC(P)C(F)(F)OC. The Hall–Kier alpha value is 0.210. The van der Waals surface area contributed by atoms with E-state index in [9.17, 15) is 8.78 Å². The van der Waals surface area contributed by atoms with E-state index < -0.39 is 12.0 Å². The third-order valence-electron chi connectivity index (χ3n) is 0.857. The lowest BCUT2D eigenvalue weighted by molar-refractivity contribution is -0.257. The topological polar surface area (TPSA) is 18.5 Å². The largest absolute Gasteiger partial charge is 0.384 e. The molecule has 0 aliphatic rings. The molecule has 0 rings (SSSR count). The Morgan fingerprint density at radius 2 is 1.89 bits per heavy atom. The van der Waals surface area contributed by atoms with Crippen LogP contribution < -0.4 is 0 Å². The van der Waals surface area contributed by atoms with Gasteiger partial charge in [-0.3, -0.25) is 0 Å². The molecule has 0 aromatic rings. The summed E-state index contributed by atoms with van der Waals surface area (Å²) < 4.78 is 32.5. The van der Waals surface area contributed by atoms with Crippen molar-refractivity contribution in [2.75, 3.05) is 14.2 Å². The van der Waals surface area contributed by atoms with Crippen molar-refractivity contribution >= 4 is 9.24 Å². The lowest BCUT2D eigenvalue weighted by Crippen LogP contribution is -2.31. The van der Waals surface area contributed by atoms with Crippen LogP contribution in [0.4, 0.5) is 8.78 Å². The Balaban J connectivity index is 3.80. The van der Waals surface area contributed by atoms with Gasteiger partial charge in [-0.1, -0.05) is 9.24 Å². The van der Waals surface area contributed by atoms with Crippen LogP contribution in [0.15, 0.2) is 0 Å². The van der Waals surface area contributed by atoms with Crippen LogP contribution in [0.25, 0.3) is 0 Å². The zero-order valence-electron chi connectivity index (χ0n) is 5.23. The van der Waals surface area contributed by atoms with Crippen LogP contribution in [-0.2, 0) is 9.47 Å². The van der Waals surface area contributed by atoms with Gasteiger partial charge in [0.2, 0.25) is 0 Å². The summed E-state index contributed by atoms with van der Waals surface area (Å²) in [6, 6.07) is 0. The van der Waals surface area contributed by atoms with Gasteiger partial charge in [0, 0.05) is 14.2 Å². The molecule has 0 spiro atoms. The average Bonchev–Trinajstić information content (AvgIpc) is 1.86. The Labute approximate surface area is 54.7 Å². The van der Waals surface area contributed by atoms with Crippen LogP contribution >= 0.6 is 9.24 Å². The molecule has 0 saturated carbocycles. The summed E-state index contributed by atoms with van der Waals surface area (Å²) in [6.45, 7) is 0. The standard InChI is InChI=1S/C4H9F2O2P/c1-7-3(9)4(5,6)8-2/h3H,9H2,1-2H3. The van der Waals surface area contributed by atoms with Crippen LogP contribution in [-0.4, -0.2) is 26.2 Å². The third-order valence-corrected chi connectivity index (χ3v) is 1.52. The fraction of sp³-hybridized carbons (Fsp3) is 1.00. The zero-order valence-corrected chi connectivity index (χ0v) is 6.38. The molecule has 9 heavy (non-hydrogen) atoms. The highest BCUT2D eigenvalue weighted by molar-refractivity contribution is 7.17. The first-order valence-corrected chi connectivity index (χ1v) is 2.92. The van der Waals surface area contributed by atoms with E-state index in [0.29, 0.717) is 0 Å². The molecule has 0 amide bonds. The predicted molar refractivity (Wildman–Crippen MR) is 32.5 cm³/mol. The van der Waals surface area contributed by atoms with Gasteiger partial charge in [0.25, 0.3) is 0 Å². The number of alkyl halides is 2. The van der Waals surface area contributed by atoms with E-state index in [4.69, 9.17) is 0 Å². The van der Waals surface area contributed by atoms with Crippen molar-refractivity contribution in [3.8, 4) is 0 Å². The molecule has 0 aromatic heterocycles. The van der Waals surface area contributed by atoms with E-state index in [1.165, 1.54) is 7.11 Å². The maximum absolute atomic E-state index is 12.2. The Morgan fingerprint density at radius 1 is 1.44 bits per heavy atom. The van der Waals surface area contributed by atoms with E-state index in [1.54, 1.807) is 0 Å². The van der Waals surface area contributed by atoms with Gasteiger partial charge in [-0.25, -0.2) is 0 Å². The van der Waals surface area contributed by atoms with Crippen LogP contribution in [0, 0.1) is 0 Å². The first-order valence-electron chi connectivity index (χ1n) is 2.26. The van der Waals surface area contributed by atoms with E-state index in [0.717, 1.165) is 7.11 Å². The zero-order chi connectivity index (χ0) is 7.49. The molecule has 2 nitrogen and oxygen atoms in total. The predicted octanol–water partition coefficient (Wildman–Crippen LogP) is 1.07. The first kappa shape index (κ1) is 9.21. The van der Waals surface area contributed by atoms with Crippen molar-refractivity contribution in [1.82, 2.24) is 0 Å². The minimum atomic E-state index is -3.21. The summed E-state index contributed by atoms with van der Waals surface area (Å²) in [4.78, 5) is 0. The second-order valence-electron chi connectivity index (χ2n) is 1.42. The maximum atomic E-state index is 12.2. The number of rotatable bonds is 3. The number of hydrogen-bond acceptors (Lipinski definition) is 2. The van der Waals surface area contributed by atoms with Gasteiger partial charge in [-0.2, -0.15) is 8.78 Å². The highest BCUT2D eigenvalue weighted by Crippen LogP contribution is 2.25. The first-order chi connectivity index (χ1) is 4.04. The lowest BCUT2D eigenvalue weighted by atomic mass is 10.6. The molecule has 0 N–H and O–H groups in total. The van der Waals surface area contributed by atoms with Gasteiger partial charge < -0.3 is 9.47 Å². The van der Waals surface area contributed by atoms with E-state index in [2.05, 4.69) is 9.47 Å². The second-order valence-corrected chi connectivity index (χ2v) is 2.03. The highest BCUT2D eigenvalue weighted by atomic mass is 31.0. The van der Waals surface area contributed by atoms with Gasteiger partial charge >= 0.3 is 6.11 Å². The maximum Gasteiger partial charge on any atom is 0.384 e. The fourth-order valence-electron chi connectivity index (χ4n) is 0.253. The fourth-order valence-corrected chi connectivity index (χ4v) is 0.389. The Kier molecular flexibility index (Phi) is 3.48. The smallest absolute Gasteiger partial charge is 0.368 e. The van der Waals surface area contributed by atoms with Crippen LogP contribution in [0.2, 0.25) is 0 Å². The minimum absolute atomic E-state index is 0.927. The van der Waals surface area contributed by atoms with Crippen molar-refractivity contribution < 1.29 is 18.3 Å². The van der Waals surface area contributed by atoms with Crippen molar-refractivity contribution in [3.05, 3.63) is 0 Å². The molecule has 0 bridgehead atoms. The molecule has 0 fully saturated rings. The molecule has 2 atom stereocenters. The Bertz CT molecular complexity index is 88.6. The number of hydrogen-bond donors (Lipinski definition) is 0. The number of halogens is 2. The summed E-state index contributed by atoms with van der Waals surface area (Å²) in [5.41, 5.74) is 0. The van der Waals surface area contributed by atoms with E-state index >= 15 is 0 Å². The number of methoxy groups -OCH3 is 2.